The molecule has 11 heavy (non-hydrogen) atoms. The van der Waals surface area contributed by atoms with Gasteiger partial charge in [-0.3, -0.25) is 0 Å². The summed E-state index contributed by atoms with van der Waals surface area (Å²) in [4.78, 5) is 0. The molecule has 0 saturated heterocycles. The van der Waals surface area contributed by atoms with Crippen LogP contribution in [0.5, 0.6) is 0 Å². The van der Waals surface area contributed by atoms with Crippen LogP contribution in [-0.4, -0.2) is 0 Å². The SMILES string of the molecule is CC(C)(C)c1ccccc1.[Zr]. The zero-order valence-electron chi connectivity index (χ0n) is 7.39. The van der Waals surface area contributed by atoms with Crippen molar-refractivity contribution in [1.29, 1.82) is 0 Å². The first-order valence-corrected chi connectivity index (χ1v) is 3.66. The molecule has 0 fully saturated rings. The first-order valence-electron chi connectivity index (χ1n) is 3.66. The first-order chi connectivity index (χ1) is 4.61. The molecule has 1 rings (SSSR count). The summed E-state index contributed by atoms with van der Waals surface area (Å²) in [5.41, 5.74) is 1.69. The van der Waals surface area contributed by atoms with Gasteiger partial charge in [-0.15, -0.1) is 0 Å². The van der Waals surface area contributed by atoms with Crippen molar-refractivity contribution < 1.29 is 26.2 Å². The summed E-state index contributed by atoms with van der Waals surface area (Å²) in [6, 6.07) is 10.6. The molecule has 0 unspecified atom stereocenters. The Labute approximate surface area is 88.1 Å². The van der Waals surface area contributed by atoms with E-state index in [1.54, 1.807) is 0 Å². The van der Waals surface area contributed by atoms with Gasteiger partial charge in [0.2, 0.25) is 0 Å². The third kappa shape index (κ3) is 3.34. The van der Waals surface area contributed by atoms with Crippen LogP contribution in [-0.2, 0) is 31.6 Å². The average molecular weight is 225 g/mol. The first kappa shape index (κ1) is 11.1. The molecular formula is C10H14Zr. The van der Waals surface area contributed by atoms with E-state index < -0.39 is 0 Å². The molecule has 0 aromatic heterocycles. The molecular weight excluding hydrogens is 211 g/mol. The summed E-state index contributed by atoms with van der Waals surface area (Å²) in [5.74, 6) is 0. The Morgan fingerprint density at radius 3 is 1.64 bits per heavy atom. The molecule has 0 aliphatic heterocycles. The van der Waals surface area contributed by atoms with Gasteiger partial charge in [0.1, 0.15) is 0 Å². The molecule has 58 valence electrons. The Morgan fingerprint density at radius 2 is 1.36 bits per heavy atom. The van der Waals surface area contributed by atoms with E-state index in [4.69, 9.17) is 0 Å². The molecule has 0 aliphatic rings. The average Bonchev–Trinajstić information content (AvgIpc) is 1.88. The fourth-order valence-electron chi connectivity index (χ4n) is 0.938. The summed E-state index contributed by atoms with van der Waals surface area (Å²) in [6.07, 6.45) is 0. The van der Waals surface area contributed by atoms with Crippen molar-refractivity contribution in [1.82, 2.24) is 0 Å². The molecule has 0 saturated carbocycles. The minimum absolute atomic E-state index is 0. The molecule has 0 bridgehead atoms. The molecule has 0 heterocycles. The van der Waals surface area contributed by atoms with Gasteiger partial charge in [-0.05, 0) is 11.0 Å². The van der Waals surface area contributed by atoms with Gasteiger partial charge in [0, 0.05) is 26.2 Å². The van der Waals surface area contributed by atoms with E-state index in [0.717, 1.165) is 0 Å². The van der Waals surface area contributed by atoms with Gasteiger partial charge in [0.25, 0.3) is 0 Å². The largest absolute Gasteiger partial charge is 0.0622 e. The minimum Gasteiger partial charge on any atom is -0.0622 e. The van der Waals surface area contributed by atoms with Crippen molar-refractivity contribution in [2.45, 2.75) is 26.2 Å². The summed E-state index contributed by atoms with van der Waals surface area (Å²) in [5, 5.41) is 0. The van der Waals surface area contributed by atoms with Gasteiger partial charge in [-0.25, -0.2) is 0 Å². The maximum absolute atomic E-state index is 2.22. The van der Waals surface area contributed by atoms with Crippen molar-refractivity contribution in [3.05, 3.63) is 35.9 Å². The smallest absolute Gasteiger partial charge is 0 e. The second-order valence-electron chi connectivity index (χ2n) is 3.62. The van der Waals surface area contributed by atoms with E-state index in [1.807, 2.05) is 0 Å². The molecule has 0 radical (unpaired) electrons. The van der Waals surface area contributed by atoms with Crippen molar-refractivity contribution >= 4 is 0 Å². The second-order valence-corrected chi connectivity index (χ2v) is 3.62. The zero-order chi connectivity index (χ0) is 7.61. The molecule has 1 heteroatoms. The predicted octanol–water partition coefficient (Wildman–Crippen LogP) is 2.98. The fourth-order valence-corrected chi connectivity index (χ4v) is 0.938. The molecule has 0 nitrogen and oxygen atoms in total. The van der Waals surface area contributed by atoms with E-state index in [9.17, 15) is 0 Å². The van der Waals surface area contributed by atoms with Gasteiger partial charge in [0.15, 0.2) is 0 Å². The van der Waals surface area contributed by atoms with Crippen LogP contribution < -0.4 is 0 Å². The summed E-state index contributed by atoms with van der Waals surface area (Å²) >= 11 is 0. The van der Waals surface area contributed by atoms with Gasteiger partial charge in [-0.1, -0.05) is 51.1 Å². The second kappa shape index (κ2) is 4.21. The number of benzene rings is 1. The Balaban J connectivity index is 0.000001000. The van der Waals surface area contributed by atoms with Gasteiger partial charge in [0.05, 0.1) is 0 Å². The van der Waals surface area contributed by atoms with Crippen LogP contribution in [0.4, 0.5) is 0 Å². The quantitative estimate of drug-likeness (QED) is 0.637. The number of rotatable bonds is 0. The van der Waals surface area contributed by atoms with E-state index in [2.05, 4.69) is 51.1 Å². The predicted molar refractivity (Wildman–Crippen MR) is 45.1 cm³/mol. The maximum Gasteiger partial charge on any atom is 0 e. The van der Waals surface area contributed by atoms with Crippen LogP contribution in [0, 0.1) is 0 Å². The minimum atomic E-state index is 0. The van der Waals surface area contributed by atoms with E-state index in [0.29, 0.717) is 5.41 Å². The van der Waals surface area contributed by atoms with Crippen LogP contribution in [0.15, 0.2) is 30.3 Å². The Kier molecular flexibility index (Phi) is 4.25. The standard InChI is InChI=1S/C10H14.Zr/c1-10(2,3)9-7-5-4-6-8-9;/h4-8H,1-3H3;. The van der Waals surface area contributed by atoms with Crippen molar-refractivity contribution in [3.63, 3.8) is 0 Å². The fraction of sp³-hybridized carbons (Fsp3) is 0.400. The van der Waals surface area contributed by atoms with Gasteiger partial charge >= 0.3 is 0 Å². The van der Waals surface area contributed by atoms with E-state index in [1.165, 1.54) is 5.56 Å². The van der Waals surface area contributed by atoms with E-state index >= 15 is 0 Å². The molecule has 0 atom stereocenters. The normalized spacial score (nSPS) is 10.5. The van der Waals surface area contributed by atoms with Crippen molar-refractivity contribution in [2.75, 3.05) is 0 Å². The van der Waals surface area contributed by atoms with Gasteiger partial charge in [-0.2, -0.15) is 0 Å². The van der Waals surface area contributed by atoms with Crippen LogP contribution in [0.3, 0.4) is 0 Å². The molecule has 0 amide bonds. The molecule has 0 spiro atoms. The maximum atomic E-state index is 2.22. The van der Waals surface area contributed by atoms with Crippen molar-refractivity contribution in [3.8, 4) is 0 Å². The van der Waals surface area contributed by atoms with E-state index in [-0.39, 0.29) is 26.2 Å². The molecule has 1 aromatic rings. The summed E-state index contributed by atoms with van der Waals surface area (Å²) in [7, 11) is 0. The Hall–Kier alpha value is 0.103. The zero-order valence-corrected chi connectivity index (χ0v) is 9.84. The number of hydrogen-bond donors (Lipinski definition) is 0. The number of hydrogen-bond acceptors (Lipinski definition) is 0. The molecule has 0 N–H and O–H groups in total. The van der Waals surface area contributed by atoms with Crippen LogP contribution >= 0.6 is 0 Å². The third-order valence-electron chi connectivity index (χ3n) is 1.64. The van der Waals surface area contributed by atoms with Crippen LogP contribution in [0.25, 0.3) is 0 Å². The summed E-state index contributed by atoms with van der Waals surface area (Å²) < 4.78 is 0. The third-order valence-corrected chi connectivity index (χ3v) is 1.64. The molecule has 0 aliphatic carbocycles. The van der Waals surface area contributed by atoms with Crippen LogP contribution in [0.1, 0.15) is 26.3 Å². The molecule has 1 aromatic carbocycles. The Bertz CT molecular complexity index is 196. The van der Waals surface area contributed by atoms with Crippen LogP contribution in [0.2, 0.25) is 0 Å². The summed E-state index contributed by atoms with van der Waals surface area (Å²) in [6.45, 7) is 6.67. The topological polar surface area (TPSA) is 0 Å². The van der Waals surface area contributed by atoms with Gasteiger partial charge < -0.3 is 0 Å². The Morgan fingerprint density at radius 1 is 0.909 bits per heavy atom. The monoisotopic (exact) mass is 224 g/mol. The van der Waals surface area contributed by atoms with Crippen molar-refractivity contribution in [2.24, 2.45) is 0 Å².